The number of rotatable bonds is 4. The fourth-order valence-corrected chi connectivity index (χ4v) is 9.83. The predicted octanol–water partition coefficient (Wildman–Crippen LogP) is 15.3. The summed E-state index contributed by atoms with van der Waals surface area (Å²) in [6.07, 6.45) is 0. The van der Waals surface area contributed by atoms with Gasteiger partial charge in [-0.15, -0.1) is 0 Å². The van der Waals surface area contributed by atoms with Crippen LogP contribution in [-0.4, -0.2) is 0 Å². The first-order valence-corrected chi connectivity index (χ1v) is 19.4. The lowest BCUT2D eigenvalue weighted by molar-refractivity contribution is 0.666. The van der Waals surface area contributed by atoms with Gasteiger partial charge in [0, 0.05) is 5.41 Å². The van der Waals surface area contributed by atoms with Crippen molar-refractivity contribution in [3.05, 3.63) is 205 Å². The summed E-state index contributed by atoms with van der Waals surface area (Å²) in [6, 6.07) is 72.0. The monoisotopic (exact) mass is 698 g/mol. The zero-order chi connectivity index (χ0) is 36.7. The molecule has 0 heteroatoms. The third-order valence-electron chi connectivity index (χ3n) is 12.2. The number of benzene rings is 10. The Morgan fingerprint density at radius 1 is 0.273 bits per heavy atom. The average molecular weight is 699 g/mol. The maximum atomic E-state index is 2.46. The molecule has 0 N–H and O–H groups in total. The van der Waals surface area contributed by atoms with Gasteiger partial charge in [0.2, 0.25) is 0 Å². The van der Waals surface area contributed by atoms with Gasteiger partial charge in [0.1, 0.15) is 0 Å². The number of fused-ring (bicyclic) bond motifs is 10. The smallest absolute Gasteiger partial charge is 0.0165 e. The van der Waals surface area contributed by atoms with E-state index in [0.717, 1.165) is 0 Å². The largest absolute Gasteiger partial charge is 0.0622 e. The van der Waals surface area contributed by atoms with Crippen LogP contribution in [0.3, 0.4) is 0 Å². The molecule has 0 atom stereocenters. The van der Waals surface area contributed by atoms with Crippen LogP contribution in [-0.2, 0) is 5.41 Å². The van der Waals surface area contributed by atoms with Crippen molar-refractivity contribution in [3.63, 3.8) is 0 Å². The molecular weight excluding hydrogens is 661 g/mol. The van der Waals surface area contributed by atoms with Gasteiger partial charge in [-0.3, -0.25) is 0 Å². The number of hydrogen-bond acceptors (Lipinski definition) is 0. The van der Waals surface area contributed by atoms with Crippen molar-refractivity contribution in [2.75, 3.05) is 0 Å². The highest BCUT2D eigenvalue weighted by Gasteiger charge is 2.38. The van der Waals surface area contributed by atoms with E-state index in [2.05, 4.69) is 208 Å². The normalized spacial score (nSPS) is 13.1. The molecule has 0 unspecified atom stereocenters. The molecule has 0 amide bonds. The Morgan fingerprint density at radius 2 is 0.727 bits per heavy atom. The molecule has 0 saturated heterocycles. The molecule has 0 heterocycles. The van der Waals surface area contributed by atoms with Gasteiger partial charge >= 0.3 is 0 Å². The summed E-state index contributed by atoms with van der Waals surface area (Å²) in [5.41, 5.74) is 15.4. The highest BCUT2D eigenvalue weighted by atomic mass is 14.4. The van der Waals surface area contributed by atoms with Crippen molar-refractivity contribution in [2.45, 2.75) is 19.3 Å². The van der Waals surface area contributed by atoms with E-state index in [1.807, 2.05) is 0 Å². The van der Waals surface area contributed by atoms with Gasteiger partial charge in [-0.25, -0.2) is 0 Å². The first kappa shape index (κ1) is 31.7. The summed E-state index contributed by atoms with van der Waals surface area (Å²) in [7, 11) is 0. The highest BCUT2D eigenvalue weighted by molar-refractivity contribution is 6.23. The Kier molecular flexibility index (Phi) is 7.00. The van der Waals surface area contributed by atoms with Gasteiger partial charge in [-0.05, 0) is 122 Å². The molecule has 1 aliphatic rings. The van der Waals surface area contributed by atoms with E-state index >= 15 is 0 Å². The second-order valence-corrected chi connectivity index (χ2v) is 15.6. The molecule has 0 bridgehead atoms. The molecular formula is C55H38. The van der Waals surface area contributed by atoms with Crippen molar-refractivity contribution in [1.82, 2.24) is 0 Å². The first-order chi connectivity index (χ1) is 27.1. The minimum absolute atomic E-state index is 0.118. The Labute approximate surface area is 322 Å². The van der Waals surface area contributed by atoms with Gasteiger partial charge in [0.15, 0.2) is 0 Å². The summed E-state index contributed by atoms with van der Waals surface area (Å²) in [5, 5.41) is 10.4. The third kappa shape index (κ3) is 4.71. The van der Waals surface area contributed by atoms with Crippen LogP contribution in [0.5, 0.6) is 0 Å². The van der Waals surface area contributed by atoms with Gasteiger partial charge in [0.05, 0.1) is 0 Å². The van der Waals surface area contributed by atoms with E-state index in [1.165, 1.54) is 110 Å². The first-order valence-electron chi connectivity index (χ1n) is 19.4. The quantitative estimate of drug-likeness (QED) is 0.127. The number of hydrogen-bond donors (Lipinski definition) is 0. The Hall–Kier alpha value is -6.76. The SMILES string of the molecule is CC1(C)c2ccc(-c3cccc(-c4c5ccccc5c(-c5ccccc5-c5ccccc5)c5ccccc45)c3)cc2-c2c1c1ccccc1c1ccccc21. The van der Waals surface area contributed by atoms with Gasteiger partial charge in [-0.1, -0.05) is 196 Å². The Morgan fingerprint density at radius 3 is 1.38 bits per heavy atom. The van der Waals surface area contributed by atoms with Gasteiger partial charge < -0.3 is 0 Å². The topological polar surface area (TPSA) is 0 Å². The van der Waals surface area contributed by atoms with Gasteiger partial charge in [0.25, 0.3) is 0 Å². The van der Waals surface area contributed by atoms with E-state index in [0.29, 0.717) is 0 Å². The average Bonchev–Trinajstić information content (AvgIpc) is 3.49. The molecule has 258 valence electrons. The van der Waals surface area contributed by atoms with Crippen LogP contribution in [0.15, 0.2) is 194 Å². The zero-order valence-corrected chi connectivity index (χ0v) is 31.0. The van der Waals surface area contributed by atoms with Crippen LogP contribution in [0.1, 0.15) is 25.0 Å². The molecule has 10 aromatic rings. The van der Waals surface area contributed by atoms with Crippen LogP contribution in [0, 0.1) is 0 Å². The Bertz CT molecular complexity index is 3100. The summed E-state index contributed by atoms with van der Waals surface area (Å²) in [5.74, 6) is 0. The molecule has 0 nitrogen and oxygen atoms in total. The van der Waals surface area contributed by atoms with E-state index in [-0.39, 0.29) is 5.41 Å². The predicted molar refractivity (Wildman–Crippen MR) is 236 cm³/mol. The van der Waals surface area contributed by atoms with E-state index in [1.54, 1.807) is 0 Å². The minimum atomic E-state index is -0.118. The summed E-state index contributed by atoms with van der Waals surface area (Å²) in [6.45, 7) is 4.80. The molecule has 0 fully saturated rings. The van der Waals surface area contributed by atoms with Crippen LogP contribution in [0.4, 0.5) is 0 Å². The molecule has 0 radical (unpaired) electrons. The minimum Gasteiger partial charge on any atom is -0.0622 e. The lowest BCUT2D eigenvalue weighted by atomic mass is 9.79. The molecule has 10 aromatic carbocycles. The van der Waals surface area contributed by atoms with Crippen LogP contribution in [0.25, 0.3) is 98.7 Å². The van der Waals surface area contributed by atoms with E-state index in [4.69, 9.17) is 0 Å². The molecule has 0 saturated carbocycles. The second-order valence-electron chi connectivity index (χ2n) is 15.6. The van der Waals surface area contributed by atoms with Crippen molar-refractivity contribution >= 4 is 43.1 Å². The van der Waals surface area contributed by atoms with Crippen molar-refractivity contribution in [3.8, 4) is 55.6 Å². The molecule has 55 heavy (non-hydrogen) atoms. The lowest BCUT2D eigenvalue weighted by Crippen LogP contribution is -2.15. The van der Waals surface area contributed by atoms with Crippen molar-refractivity contribution < 1.29 is 0 Å². The van der Waals surface area contributed by atoms with Crippen LogP contribution >= 0.6 is 0 Å². The van der Waals surface area contributed by atoms with Gasteiger partial charge in [-0.2, -0.15) is 0 Å². The third-order valence-corrected chi connectivity index (χ3v) is 12.2. The summed E-state index contributed by atoms with van der Waals surface area (Å²) in [4.78, 5) is 0. The summed E-state index contributed by atoms with van der Waals surface area (Å²) >= 11 is 0. The zero-order valence-electron chi connectivity index (χ0n) is 31.0. The standard InChI is InChI=1S/C55H38/c1-55(2)50-32-31-37(34-49(50)53-43-25-10-7-22-40(43)41-23-8-15-30-48(41)54(53)55)36-19-16-20-38(33-36)51-44-26-11-13-28-46(44)52(47-29-14-12-27-45(47)51)42-24-9-6-21-39(42)35-17-4-3-5-18-35/h3-34H,1-2H3. The fourth-order valence-electron chi connectivity index (χ4n) is 9.83. The summed E-state index contributed by atoms with van der Waals surface area (Å²) < 4.78 is 0. The lowest BCUT2D eigenvalue weighted by Gasteiger charge is -2.24. The van der Waals surface area contributed by atoms with Crippen molar-refractivity contribution in [2.24, 2.45) is 0 Å². The second kappa shape index (κ2) is 12.1. The molecule has 1 aliphatic carbocycles. The maximum Gasteiger partial charge on any atom is 0.0165 e. The van der Waals surface area contributed by atoms with Crippen LogP contribution in [0.2, 0.25) is 0 Å². The molecule has 0 spiro atoms. The van der Waals surface area contributed by atoms with E-state index < -0.39 is 0 Å². The van der Waals surface area contributed by atoms with E-state index in [9.17, 15) is 0 Å². The van der Waals surface area contributed by atoms with Crippen LogP contribution < -0.4 is 0 Å². The maximum absolute atomic E-state index is 2.46. The fraction of sp³-hybridized carbons (Fsp3) is 0.0545. The van der Waals surface area contributed by atoms with Crippen molar-refractivity contribution in [1.29, 1.82) is 0 Å². The highest BCUT2D eigenvalue weighted by Crippen LogP contribution is 2.55. The Balaban J connectivity index is 1.12. The molecule has 0 aliphatic heterocycles. The molecule has 0 aromatic heterocycles. The molecule has 11 rings (SSSR count).